The van der Waals surface area contributed by atoms with Crippen molar-refractivity contribution in [2.75, 3.05) is 7.11 Å². The van der Waals surface area contributed by atoms with E-state index in [1.165, 1.54) is 31.3 Å². The largest absolute Gasteiger partial charge is 0.469 e. The maximum atomic E-state index is 13.3. The van der Waals surface area contributed by atoms with Gasteiger partial charge in [0.25, 0.3) is 0 Å². The molecule has 9 atom stereocenters. The topological polar surface area (TPSA) is 43.4 Å². The number of Topliss-reactive ketones (excluding diaryl/α,β-unsaturated/α-hetero) is 1. The summed E-state index contributed by atoms with van der Waals surface area (Å²) in [6.07, 6.45) is 10.8. The van der Waals surface area contributed by atoms with Gasteiger partial charge in [0.2, 0.25) is 0 Å². The molecule has 0 amide bonds. The van der Waals surface area contributed by atoms with Crippen LogP contribution >= 0.6 is 0 Å². The molecule has 0 aromatic heterocycles. The summed E-state index contributed by atoms with van der Waals surface area (Å²) >= 11 is 0. The van der Waals surface area contributed by atoms with Crippen LogP contribution in [-0.4, -0.2) is 18.9 Å². The molecule has 0 aliphatic heterocycles. The lowest BCUT2D eigenvalue weighted by atomic mass is 9.32. The lowest BCUT2D eigenvalue weighted by molar-refractivity contribution is -0.235. The van der Waals surface area contributed by atoms with Crippen LogP contribution in [0.3, 0.4) is 0 Å². The van der Waals surface area contributed by atoms with Crippen molar-refractivity contribution in [2.45, 2.75) is 106 Å². The van der Waals surface area contributed by atoms with E-state index >= 15 is 0 Å². The molecule has 3 nitrogen and oxygen atoms in total. The van der Waals surface area contributed by atoms with Crippen LogP contribution in [0.25, 0.3) is 0 Å². The fourth-order valence-corrected chi connectivity index (χ4v) is 11.5. The highest BCUT2D eigenvalue weighted by Crippen LogP contribution is 2.77. The molecule has 190 valence electrons. The fraction of sp³-hybridized carbons (Fsp3) is 0.871. The third-order valence-corrected chi connectivity index (χ3v) is 13.4. The van der Waals surface area contributed by atoms with Gasteiger partial charge in [0.1, 0.15) is 5.78 Å². The van der Waals surface area contributed by atoms with Gasteiger partial charge in [0.05, 0.1) is 12.5 Å². The van der Waals surface area contributed by atoms with Crippen molar-refractivity contribution in [3.8, 4) is 0 Å². The Bertz CT molecular complexity index is 918. The quantitative estimate of drug-likeness (QED) is 0.313. The number of hydrogen-bond donors (Lipinski definition) is 0. The molecule has 0 aromatic rings. The minimum Gasteiger partial charge on any atom is -0.469 e. The number of methoxy groups -OCH3 is 1. The Morgan fingerprint density at radius 3 is 2.24 bits per heavy atom. The molecule has 0 radical (unpaired) electrons. The molecule has 5 aliphatic rings. The zero-order valence-electron chi connectivity index (χ0n) is 22.9. The van der Waals surface area contributed by atoms with E-state index in [1.807, 2.05) is 0 Å². The Balaban J connectivity index is 1.57. The van der Waals surface area contributed by atoms with Gasteiger partial charge in [-0.15, -0.1) is 0 Å². The van der Waals surface area contributed by atoms with E-state index in [0.717, 1.165) is 38.5 Å². The Kier molecular flexibility index (Phi) is 5.38. The highest BCUT2D eigenvalue weighted by atomic mass is 16.5. The Morgan fingerprint density at radius 2 is 1.59 bits per heavy atom. The number of hydrogen-bond acceptors (Lipinski definition) is 3. The van der Waals surface area contributed by atoms with Gasteiger partial charge in [0, 0.05) is 11.8 Å². The summed E-state index contributed by atoms with van der Waals surface area (Å²) in [5, 5.41) is 0. The van der Waals surface area contributed by atoms with E-state index < -0.39 is 0 Å². The molecule has 2 unspecified atom stereocenters. The summed E-state index contributed by atoms with van der Waals surface area (Å²) in [6.45, 7) is 18.8. The first kappa shape index (κ1) is 24.6. The summed E-state index contributed by atoms with van der Waals surface area (Å²) in [4.78, 5) is 26.3. The monoisotopic (exact) mass is 468 g/mol. The van der Waals surface area contributed by atoms with Crippen LogP contribution in [0.15, 0.2) is 12.2 Å². The first-order chi connectivity index (χ1) is 15.8. The van der Waals surface area contributed by atoms with Crippen LogP contribution in [0.5, 0.6) is 0 Å². The van der Waals surface area contributed by atoms with Crippen molar-refractivity contribution in [1.82, 2.24) is 0 Å². The SMILES string of the molecule is C=C(C)[C@@H]1CC[C@]2(C(=O)OC)CC[C@]3(C)[C@H](CC[C@@H]4[C@@]5(C)CCC(=O)C(C)(C)C5CC[C@]43C)C12. The van der Waals surface area contributed by atoms with Crippen molar-refractivity contribution < 1.29 is 14.3 Å². The highest BCUT2D eigenvalue weighted by Gasteiger charge is 2.72. The van der Waals surface area contributed by atoms with E-state index in [4.69, 9.17) is 4.74 Å². The van der Waals surface area contributed by atoms with Gasteiger partial charge < -0.3 is 4.74 Å². The van der Waals surface area contributed by atoms with Crippen LogP contribution < -0.4 is 0 Å². The van der Waals surface area contributed by atoms with E-state index in [1.54, 1.807) is 7.11 Å². The average molecular weight is 469 g/mol. The molecule has 5 rings (SSSR count). The second-order valence-corrected chi connectivity index (χ2v) is 14.5. The van der Waals surface area contributed by atoms with Crippen LogP contribution in [0.2, 0.25) is 0 Å². The van der Waals surface area contributed by atoms with Gasteiger partial charge >= 0.3 is 5.97 Å². The van der Waals surface area contributed by atoms with Crippen molar-refractivity contribution in [1.29, 1.82) is 0 Å². The second-order valence-electron chi connectivity index (χ2n) is 14.5. The number of ketones is 1. The minimum atomic E-state index is -0.313. The number of carbonyl (C=O) groups is 2. The lowest BCUT2D eigenvalue weighted by Gasteiger charge is -2.72. The molecule has 0 spiro atoms. The summed E-state index contributed by atoms with van der Waals surface area (Å²) in [5.41, 5.74) is 1.45. The predicted octanol–water partition coefficient (Wildman–Crippen LogP) is 7.39. The summed E-state index contributed by atoms with van der Waals surface area (Å²) < 4.78 is 5.49. The molecule has 34 heavy (non-hydrogen) atoms. The third kappa shape index (κ3) is 2.76. The first-order valence-corrected chi connectivity index (χ1v) is 14.1. The van der Waals surface area contributed by atoms with E-state index in [-0.39, 0.29) is 33.0 Å². The van der Waals surface area contributed by atoms with Crippen LogP contribution in [-0.2, 0) is 14.3 Å². The normalized spacial score (nSPS) is 51.5. The maximum Gasteiger partial charge on any atom is 0.312 e. The van der Waals surface area contributed by atoms with Crippen molar-refractivity contribution in [3.05, 3.63) is 12.2 Å². The van der Waals surface area contributed by atoms with Gasteiger partial charge in [-0.2, -0.15) is 0 Å². The molecule has 0 heterocycles. The van der Waals surface area contributed by atoms with Gasteiger partial charge in [-0.25, -0.2) is 0 Å². The van der Waals surface area contributed by atoms with Crippen LogP contribution in [0.1, 0.15) is 106 Å². The van der Waals surface area contributed by atoms with E-state index in [9.17, 15) is 9.59 Å². The fourth-order valence-electron chi connectivity index (χ4n) is 11.5. The number of allylic oxidation sites excluding steroid dienone is 1. The third-order valence-electron chi connectivity index (χ3n) is 13.4. The second kappa shape index (κ2) is 7.45. The minimum absolute atomic E-state index is 0.0405. The van der Waals surface area contributed by atoms with E-state index in [2.05, 4.69) is 48.1 Å². The molecule has 0 aromatic carbocycles. The molecular weight excluding hydrogens is 420 g/mol. The van der Waals surface area contributed by atoms with Crippen molar-refractivity contribution >= 4 is 11.8 Å². The van der Waals surface area contributed by atoms with Gasteiger partial charge in [-0.1, -0.05) is 46.8 Å². The van der Waals surface area contributed by atoms with Gasteiger partial charge in [-0.05, 0) is 111 Å². The number of esters is 1. The number of carbonyl (C=O) groups excluding carboxylic acids is 2. The number of fused-ring (bicyclic) bond motifs is 7. The summed E-state index contributed by atoms with van der Waals surface area (Å²) in [6, 6.07) is 0. The summed E-state index contributed by atoms with van der Waals surface area (Å²) in [7, 11) is 1.59. The molecule has 0 bridgehead atoms. The van der Waals surface area contributed by atoms with Crippen LogP contribution in [0.4, 0.5) is 0 Å². The molecular formula is C31H48O3. The molecule has 5 aliphatic carbocycles. The zero-order valence-corrected chi connectivity index (χ0v) is 22.9. The average Bonchev–Trinajstić information content (AvgIpc) is 3.18. The van der Waals surface area contributed by atoms with Crippen molar-refractivity contribution in [3.63, 3.8) is 0 Å². The van der Waals surface area contributed by atoms with Crippen LogP contribution in [0, 0.1) is 56.7 Å². The van der Waals surface area contributed by atoms with Crippen molar-refractivity contribution in [2.24, 2.45) is 56.7 Å². The maximum absolute atomic E-state index is 13.3. The van der Waals surface area contributed by atoms with Gasteiger partial charge in [-0.3, -0.25) is 9.59 Å². The molecule has 5 saturated carbocycles. The number of ether oxygens (including phenoxy) is 1. The molecule has 5 fully saturated rings. The Hall–Kier alpha value is -1.12. The lowest BCUT2D eigenvalue weighted by Crippen LogP contribution is -2.66. The zero-order chi connectivity index (χ0) is 24.9. The first-order valence-electron chi connectivity index (χ1n) is 14.1. The molecule has 3 heteroatoms. The Labute approximate surface area is 207 Å². The standard InChI is InChI=1S/C31H48O3/c1-19(2)20-11-16-31(26(33)34-8)18-17-29(6)21(25(20)31)9-10-23-28(5)14-13-24(32)27(3,4)22(28)12-15-30(23,29)7/h20-23,25H,1,9-18H2,2-8H3/t20-,21+,22?,23+,25?,28-,29+,30+,31-/m0/s1. The predicted molar refractivity (Wildman–Crippen MR) is 136 cm³/mol. The molecule has 0 saturated heterocycles. The smallest absolute Gasteiger partial charge is 0.312 e. The Morgan fingerprint density at radius 1 is 0.882 bits per heavy atom. The number of rotatable bonds is 2. The van der Waals surface area contributed by atoms with Gasteiger partial charge in [0.15, 0.2) is 0 Å². The molecule has 0 N–H and O–H groups in total. The van der Waals surface area contributed by atoms with E-state index in [0.29, 0.717) is 35.4 Å². The highest BCUT2D eigenvalue weighted by molar-refractivity contribution is 5.85. The summed E-state index contributed by atoms with van der Waals surface area (Å²) in [5.74, 6) is 3.01.